The van der Waals surface area contributed by atoms with Gasteiger partial charge in [-0.25, -0.2) is 0 Å². The zero-order valence-corrected chi connectivity index (χ0v) is 30.2. The summed E-state index contributed by atoms with van der Waals surface area (Å²) in [5, 5.41) is 8.06. The van der Waals surface area contributed by atoms with Gasteiger partial charge in [-0.1, -0.05) is 86.6 Å². The predicted molar refractivity (Wildman–Crippen MR) is 209 cm³/mol. The Kier molecular flexibility index (Phi) is 6.80. The van der Waals surface area contributed by atoms with Crippen LogP contribution >= 0.6 is 23.5 Å². The molecule has 0 N–H and O–H groups in total. The summed E-state index contributed by atoms with van der Waals surface area (Å²) in [5.74, 6) is -15.8. The van der Waals surface area contributed by atoms with E-state index < -0.39 is 38.4 Å². The number of fused-ring (bicyclic) bond motifs is 8. The average Bonchev–Trinajstić information content (AvgIpc) is 3.78. The molecule has 53 heavy (non-hydrogen) atoms. The van der Waals surface area contributed by atoms with Crippen LogP contribution in [-0.4, -0.2) is 27.3 Å². The van der Waals surface area contributed by atoms with Crippen LogP contribution in [-0.2, 0) is 0 Å². The Hall–Kier alpha value is -4.40. The van der Waals surface area contributed by atoms with Gasteiger partial charge in [-0.15, -0.1) is 23.5 Å². The first-order chi connectivity index (χ1) is 25.3. The van der Waals surface area contributed by atoms with Crippen LogP contribution in [0, 0.1) is 0 Å². The van der Waals surface area contributed by atoms with Gasteiger partial charge in [-0.05, 0) is 127 Å². The van der Waals surface area contributed by atoms with E-state index in [0.29, 0.717) is 9.81 Å². The van der Waals surface area contributed by atoms with Gasteiger partial charge in [0.15, 0.2) is 0 Å². The molecule has 6 aromatic rings. The van der Waals surface area contributed by atoms with Crippen molar-refractivity contribution in [2.75, 3.05) is 0 Å². The van der Waals surface area contributed by atoms with Crippen molar-refractivity contribution in [2.45, 2.75) is 54.0 Å². The minimum atomic E-state index is -5.61. The zero-order chi connectivity index (χ0) is 36.7. The lowest BCUT2D eigenvalue weighted by molar-refractivity contribution is -0.258. The molecule has 1 saturated carbocycles. The third-order valence-corrected chi connectivity index (χ3v) is 15.5. The second-order valence-electron chi connectivity index (χ2n) is 14.4. The molecule has 10 rings (SSSR count). The second-order valence-corrected chi connectivity index (χ2v) is 17.1. The van der Waals surface area contributed by atoms with E-state index >= 15 is 26.3 Å². The Morgan fingerprint density at radius 1 is 0.434 bits per heavy atom. The number of thioether (sulfide) groups is 2. The fraction of sp³-hybridized carbons (Fsp3) is 0.200. The summed E-state index contributed by atoms with van der Waals surface area (Å²) in [6.07, 6.45) is 3.52. The van der Waals surface area contributed by atoms with Crippen molar-refractivity contribution in [3.63, 3.8) is 0 Å². The molecule has 6 aromatic carbocycles. The van der Waals surface area contributed by atoms with E-state index in [9.17, 15) is 0 Å². The first-order valence-electron chi connectivity index (χ1n) is 17.7. The minimum Gasteiger partial charge on any atom is -0.194 e. The average molecular weight is 749 g/mol. The Balaban J connectivity index is 1.19. The molecule has 0 amide bonds. The number of rotatable bonds is 4. The molecule has 264 valence electrons. The van der Waals surface area contributed by atoms with E-state index in [1.807, 2.05) is 98.8 Å². The third-order valence-electron chi connectivity index (χ3n) is 11.8. The molecule has 4 aliphatic rings. The first kappa shape index (κ1) is 33.2. The summed E-state index contributed by atoms with van der Waals surface area (Å²) < 4.78 is 93.5. The highest BCUT2D eigenvalue weighted by atomic mass is 32.2. The summed E-state index contributed by atoms with van der Waals surface area (Å²) in [6.45, 7) is 3.69. The molecule has 0 spiro atoms. The van der Waals surface area contributed by atoms with Gasteiger partial charge in [-0.2, -0.15) is 26.3 Å². The molecule has 2 aliphatic carbocycles. The number of halogens is 6. The van der Waals surface area contributed by atoms with E-state index in [1.165, 1.54) is 35.7 Å². The molecule has 8 heteroatoms. The van der Waals surface area contributed by atoms with Gasteiger partial charge in [0.2, 0.25) is 0 Å². The molecule has 0 nitrogen and oxygen atoms in total. The molecule has 2 heterocycles. The van der Waals surface area contributed by atoms with Gasteiger partial charge in [-0.3, -0.25) is 0 Å². The second kappa shape index (κ2) is 10.9. The van der Waals surface area contributed by atoms with E-state index in [4.69, 9.17) is 0 Å². The molecule has 0 radical (unpaired) electrons. The lowest BCUT2D eigenvalue weighted by atomic mass is 9.67. The molecule has 2 aliphatic heterocycles. The van der Waals surface area contributed by atoms with Crippen LogP contribution in [0.3, 0.4) is 0 Å². The number of hydrogen-bond acceptors (Lipinski definition) is 2. The number of hydrogen-bond donors (Lipinski definition) is 0. The van der Waals surface area contributed by atoms with Crippen molar-refractivity contribution in [3.8, 4) is 0 Å². The van der Waals surface area contributed by atoms with Crippen LogP contribution in [0.4, 0.5) is 26.3 Å². The van der Waals surface area contributed by atoms with E-state index in [-0.39, 0.29) is 24.0 Å². The van der Waals surface area contributed by atoms with Crippen molar-refractivity contribution >= 4 is 76.4 Å². The SMILES string of the molecule is CCC12SC(c3ccc4cc5ccccc5cc4c3)=CC1=C1C(=C3C=C(c4ccc5cc6ccccc6cc5c4)SC32CC)C(F)(F)C(F)(F)C1(F)F. The number of allylic oxidation sites excluding steroid dienone is 4. The van der Waals surface area contributed by atoms with E-state index in [1.54, 1.807) is 0 Å². The maximum atomic E-state index is 16.2. The smallest absolute Gasteiger partial charge is 0.194 e. The van der Waals surface area contributed by atoms with E-state index in [2.05, 4.69) is 24.3 Å². The fourth-order valence-corrected chi connectivity index (χ4v) is 12.7. The van der Waals surface area contributed by atoms with Crippen LogP contribution in [0.2, 0.25) is 0 Å². The highest BCUT2D eigenvalue weighted by Crippen LogP contribution is 2.76. The van der Waals surface area contributed by atoms with Crippen LogP contribution in [0.15, 0.2) is 144 Å². The summed E-state index contributed by atoms with van der Waals surface area (Å²) in [7, 11) is 0. The summed E-state index contributed by atoms with van der Waals surface area (Å²) in [6, 6.07) is 35.9. The maximum absolute atomic E-state index is 16.2. The van der Waals surface area contributed by atoms with Crippen molar-refractivity contribution in [1.29, 1.82) is 0 Å². The number of alkyl halides is 6. The van der Waals surface area contributed by atoms with Gasteiger partial charge in [0.05, 0.1) is 9.49 Å². The van der Waals surface area contributed by atoms with Gasteiger partial charge < -0.3 is 0 Å². The maximum Gasteiger partial charge on any atom is 0.380 e. The van der Waals surface area contributed by atoms with Crippen molar-refractivity contribution < 1.29 is 26.3 Å². The molecular weight excluding hydrogens is 719 g/mol. The van der Waals surface area contributed by atoms with Gasteiger partial charge in [0.25, 0.3) is 0 Å². The lowest BCUT2D eigenvalue weighted by Crippen LogP contribution is -2.52. The standard InChI is InChI=1S/C45H30F6S2/c1-3-41-35(23-37(52-41)31-15-13-29-17-25-9-5-7-11-27(25)19-33(29)21-31)39-40(44(48,49)45(50,51)43(39,46)47)36-24-38(53-42(36,41)4-2)32-16-14-30-18-26-10-6-8-12-28(26)20-34(30)22-32/h5-24H,3-4H2,1-2H3. The van der Waals surface area contributed by atoms with Gasteiger partial charge in [0.1, 0.15) is 0 Å². The van der Waals surface area contributed by atoms with Crippen molar-refractivity contribution in [2.24, 2.45) is 0 Å². The minimum absolute atomic E-state index is 0.117. The molecule has 0 bridgehead atoms. The van der Waals surface area contributed by atoms with Crippen LogP contribution in [0.25, 0.3) is 52.9 Å². The molecule has 2 unspecified atom stereocenters. The molecule has 2 atom stereocenters. The Labute approximate surface area is 310 Å². The molecule has 0 aromatic heterocycles. The first-order valence-corrected chi connectivity index (χ1v) is 19.3. The molecule has 1 fully saturated rings. The third kappa shape index (κ3) is 4.14. The predicted octanol–water partition coefficient (Wildman–Crippen LogP) is 14.0. The Morgan fingerprint density at radius 3 is 1.13 bits per heavy atom. The van der Waals surface area contributed by atoms with Crippen molar-refractivity contribution in [1.82, 2.24) is 0 Å². The summed E-state index contributed by atoms with van der Waals surface area (Å²) >= 11 is 2.70. The van der Waals surface area contributed by atoms with Gasteiger partial charge in [0, 0.05) is 21.0 Å². The zero-order valence-electron chi connectivity index (χ0n) is 28.5. The Morgan fingerprint density at radius 2 is 0.774 bits per heavy atom. The van der Waals surface area contributed by atoms with Crippen molar-refractivity contribution in [3.05, 3.63) is 155 Å². The summed E-state index contributed by atoms with van der Waals surface area (Å²) in [4.78, 5) is 1.19. The van der Waals surface area contributed by atoms with Gasteiger partial charge >= 0.3 is 17.8 Å². The molecular formula is C45H30F6S2. The van der Waals surface area contributed by atoms with E-state index in [0.717, 1.165) is 54.2 Å². The molecule has 0 saturated heterocycles. The number of benzene rings is 6. The monoisotopic (exact) mass is 748 g/mol. The van der Waals surface area contributed by atoms with Crippen LogP contribution in [0.5, 0.6) is 0 Å². The largest absolute Gasteiger partial charge is 0.380 e. The normalized spacial score (nSPS) is 25.3. The highest BCUT2D eigenvalue weighted by molar-refractivity contribution is 8.14. The van der Waals surface area contributed by atoms with Crippen LogP contribution < -0.4 is 0 Å². The summed E-state index contributed by atoms with van der Waals surface area (Å²) in [5.41, 5.74) is -1.22. The Bertz CT molecular complexity index is 2570. The quantitative estimate of drug-likeness (QED) is 0.130. The topological polar surface area (TPSA) is 0 Å². The van der Waals surface area contributed by atoms with Crippen LogP contribution in [0.1, 0.15) is 37.8 Å². The lowest BCUT2D eigenvalue weighted by Gasteiger charge is -2.50. The fourth-order valence-electron chi connectivity index (χ4n) is 9.19. The highest BCUT2D eigenvalue weighted by Gasteiger charge is 2.84.